The second kappa shape index (κ2) is 4.51. The number of benzene rings is 2. The molecule has 0 saturated carbocycles. The van der Waals surface area contributed by atoms with Crippen LogP contribution in [0.1, 0.15) is 16.7 Å². The van der Waals surface area contributed by atoms with Gasteiger partial charge < -0.3 is 10.2 Å². The highest BCUT2D eigenvalue weighted by molar-refractivity contribution is 6.34. The molecule has 2 aromatic rings. The molecule has 22 heavy (non-hydrogen) atoms. The Morgan fingerprint density at radius 2 is 1.77 bits per heavy atom. The van der Waals surface area contributed by atoms with E-state index >= 15 is 0 Å². The lowest BCUT2D eigenvalue weighted by molar-refractivity contribution is -0.246. The Kier molecular flexibility index (Phi) is 3.06. The zero-order chi connectivity index (χ0) is 16.3. The molecule has 0 aromatic heterocycles. The van der Waals surface area contributed by atoms with Gasteiger partial charge in [-0.2, -0.15) is 13.2 Å². The molecule has 0 fully saturated rings. The highest BCUT2D eigenvalue weighted by Gasteiger charge is 2.61. The molecule has 6 heteroatoms. The van der Waals surface area contributed by atoms with Gasteiger partial charge >= 0.3 is 6.18 Å². The monoisotopic (exact) mass is 326 g/mol. The van der Waals surface area contributed by atoms with Crippen LogP contribution in [-0.4, -0.2) is 16.4 Å². The summed E-state index contributed by atoms with van der Waals surface area (Å²) in [6.45, 7) is 3.29. The van der Waals surface area contributed by atoms with Crippen molar-refractivity contribution >= 4 is 17.4 Å². The van der Waals surface area contributed by atoms with Crippen molar-refractivity contribution < 1.29 is 23.4 Å². The third-order valence-corrected chi connectivity index (χ3v) is 4.11. The summed E-state index contributed by atoms with van der Waals surface area (Å²) < 4.78 is 40.8. The number of hydrogen-bond acceptors (Lipinski definition) is 2. The Hall–Kier alpha value is -1.98. The van der Waals surface area contributed by atoms with E-state index in [2.05, 4.69) is 6.58 Å². The van der Waals surface area contributed by atoms with Crippen molar-refractivity contribution in [3.05, 3.63) is 64.7 Å². The van der Waals surface area contributed by atoms with Crippen molar-refractivity contribution in [1.82, 2.24) is 0 Å². The second-order valence-corrected chi connectivity index (χ2v) is 5.49. The maximum Gasteiger partial charge on any atom is 0.425 e. The van der Waals surface area contributed by atoms with Crippen LogP contribution in [0, 0.1) is 0 Å². The van der Waals surface area contributed by atoms with Gasteiger partial charge in [-0.25, -0.2) is 0 Å². The van der Waals surface area contributed by atoms with Gasteiger partial charge in [0, 0.05) is 27.3 Å². The Morgan fingerprint density at radius 3 is 2.36 bits per heavy atom. The summed E-state index contributed by atoms with van der Waals surface area (Å²) in [5.41, 5.74) is -3.49. The van der Waals surface area contributed by atoms with Gasteiger partial charge in [0.1, 0.15) is 5.76 Å². The molecule has 0 amide bonds. The van der Waals surface area contributed by atoms with Crippen LogP contribution in [0.15, 0.2) is 43.0 Å². The van der Waals surface area contributed by atoms with Gasteiger partial charge in [0.25, 0.3) is 0 Å². The minimum Gasteiger partial charge on any atom is -0.508 e. The summed E-state index contributed by atoms with van der Waals surface area (Å²) in [5.74, 6) is -0.426. The van der Waals surface area contributed by atoms with E-state index in [0.717, 1.165) is 6.07 Å². The standard InChI is InChI=1S/C16H10ClF3O2/c1-8(21)9-6-12-14(13(17)7-9)10-4-2-3-5-11(10)15(12,22)16(18,19)20/h2-7,21-22H,1H2. The van der Waals surface area contributed by atoms with Gasteiger partial charge in [0.15, 0.2) is 0 Å². The molecule has 0 spiro atoms. The predicted molar refractivity (Wildman–Crippen MR) is 77.6 cm³/mol. The Bertz CT molecular complexity index is 798. The molecule has 114 valence electrons. The summed E-state index contributed by atoms with van der Waals surface area (Å²) in [6.07, 6.45) is -4.94. The molecule has 2 aromatic carbocycles. The number of fused-ring (bicyclic) bond motifs is 3. The third kappa shape index (κ3) is 1.79. The lowest BCUT2D eigenvalue weighted by atomic mass is 9.90. The van der Waals surface area contributed by atoms with Crippen LogP contribution in [0.5, 0.6) is 0 Å². The average Bonchev–Trinajstić information content (AvgIpc) is 2.70. The third-order valence-electron chi connectivity index (χ3n) is 3.81. The van der Waals surface area contributed by atoms with Crippen molar-refractivity contribution in [3.8, 4) is 11.1 Å². The fourth-order valence-corrected chi connectivity index (χ4v) is 3.12. The van der Waals surface area contributed by atoms with Crippen molar-refractivity contribution in [2.45, 2.75) is 11.8 Å². The molecule has 0 aliphatic heterocycles. The Morgan fingerprint density at radius 1 is 1.14 bits per heavy atom. The van der Waals surface area contributed by atoms with Crippen molar-refractivity contribution in [2.75, 3.05) is 0 Å². The SMILES string of the molecule is C=C(O)c1cc(Cl)c2c(c1)C(O)(C(F)(F)F)c1ccccc1-2. The molecule has 0 saturated heterocycles. The fraction of sp³-hybridized carbons (Fsp3) is 0.125. The summed E-state index contributed by atoms with van der Waals surface area (Å²) >= 11 is 6.09. The summed E-state index contributed by atoms with van der Waals surface area (Å²) in [7, 11) is 0. The van der Waals surface area contributed by atoms with E-state index in [1.165, 1.54) is 24.3 Å². The van der Waals surface area contributed by atoms with Gasteiger partial charge in [0.2, 0.25) is 5.60 Å². The van der Waals surface area contributed by atoms with Gasteiger partial charge in [0.05, 0.1) is 0 Å². The molecule has 1 aliphatic rings. The predicted octanol–water partition coefficient (Wildman–Crippen LogP) is 4.65. The highest BCUT2D eigenvalue weighted by atomic mass is 35.5. The zero-order valence-electron chi connectivity index (χ0n) is 11.1. The maximum atomic E-state index is 13.6. The molecular weight excluding hydrogens is 317 g/mol. The van der Waals surface area contributed by atoms with Crippen molar-refractivity contribution in [1.29, 1.82) is 0 Å². The number of aliphatic hydroxyl groups is 2. The molecule has 0 radical (unpaired) electrons. The maximum absolute atomic E-state index is 13.6. The lowest BCUT2D eigenvalue weighted by Crippen LogP contribution is -2.41. The minimum absolute atomic E-state index is 0.00956. The van der Waals surface area contributed by atoms with E-state index in [9.17, 15) is 23.4 Å². The number of halogens is 4. The van der Waals surface area contributed by atoms with E-state index < -0.39 is 23.1 Å². The van der Waals surface area contributed by atoms with E-state index in [1.807, 2.05) is 0 Å². The van der Waals surface area contributed by atoms with Crippen molar-refractivity contribution in [2.24, 2.45) is 0 Å². The van der Waals surface area contributed by atoms with Crippen LogP contribution in [-0.2, 0) is 5.60 Å². The molecule has 0 heterocycles. The van der Waals surface area contributed by atoms with Crippen LogP contribution < -0.4 is 0 Å². The smallest absolute Gasteiger partial charge is 0.425 e. The minimum atomic E-state index is -4.94. The first-order valence-electron chi connectivity index (χ1n) is 6.29. The number of rotatable bonds is 1. The van der Waals surface area contributed by atoms with E-state index in [4.69, 9.17) is 11.6 Å². The Labute approximate surface area is 129 Å². The molecule has 2 N–H and O–H groups in total. The average molecular weight is 327 g/mol. The lowest BCUT2D eigenvalue weighted by Gasteiger charge is -2.28. The molecule has 2 nitrogen and oxygen atoms in total. The van der Waals surface area contributed by atoms with Crippen molar-refractivity contribution in [3.63, 3.8) is 0 Å². The van der Waals surface area contributed by atoms with Gasteiger partial charge in [-0.05, 0) is 17.7 Å². The Balaban J connectivity index is 2.45. The molecule has 0 bridgehead atoms. The van der Waals surface area contributed by atoms with Gasteiger partial charge in [-0.3, -0.25) is 0 Å². The van der Waals surface area contributed by atoms with E-state index in [0.29, 0.717) is 0 Å². The first kappa shape index (κ1) is 14.9. The number of alkyl halides is 3. The molecule has 3 rings (SSSR count). The quantitative estimate of drug-likeness (QED) is 0.749. The normalized spacial score (nSPS) is 19.7. The van der Waals surface area contributed by atoms with Gasteiger partial charge in [-0.15, -0.1) is 0 Å². The molecule has 1 unspecified atom stereocenters. The van der Waals surface area contributed by atoms with Crippen LogP contribution in [0.25, 0.3) is 16.9 Å². The molecule has 1 atom stereocenters. The van der Waals surface area contributed by atoms with E-state index in [1.54, 1.807) is 6.07 Å². The number of aliphatic hydroxyl groups excluding tert-OH is 1. The number of hydrogen-bond donors (Lipinski definition) is 2. The van der Waals surface area contributed by atoms with Crippen LogP contribution in [0.2, 0.25) is 5.02 Å². The first-order chi connectivity index (χ1) is 10.2. The van der Waals surface area contributed by atoms with Crippen LogP contribution in [0.4, 0.5) is 13.2 Å². The summed E-state index contributed by atoms with van der Waals surface area (Å²) in [5, 5.41) is 19.9. The summed E-state index contributed by atoms with van der Waals surface area (Å²) in [4.78, 5) is 0. The first-order valence-corrected chi connectivity index (χ1v) is 6.67. The second-order valence-electron chi connectivity index (χ2n) is 5.08. The van der Waals surface area contributed by atoms with Gasteiger partial charge in [-0.1, -0.05) is 42.4 Å². The van der Waals surface area contributed by atoms with Crippen LogP contribution >= 0.6 is 11.6 Å². The summed E-state index contributed by atoms with van der Waals surface area (Å²) in [6, 6.07) is 8.06. The largest absolute Gasteiger partial charge is 0.508 e. The van der Waals surface area contributed by atoms with E-state index in [-0.39, 0.29) is 27.3 Å². The highest BCUT2D eigenvalue weighted by Crippen LogP contribution is 2.56. The topological polar surface area (TPSA) is 40.5 Å². The van der Waals surface area contributed by atoms with Crippen LogP contribution in [0.3, 0.4) is 0 Å². The molecule has 1 aliphatic carbocycles. The molecular formula is C16H10ClF3O2. The fourth-order valence-electron chi connectivity index (χ4n) is 2.80. The zero-order valence-corrected chi connectivity index (χ0v) is 11.8.